The van der Waals surface area contributed by atoms with Gasteiger partial charge in [0.25, 0.3) is 0 Å². The van der Waals surface area contributed by atoms with Crippen molar-refractivity contribution in [3.8, 4) is 0 Å². The molecule has 0 amide bonds. The summed E-state index contributed by atoms with van der Waals surface area (Å²) in [6.45, 7) is 6.09. The molecule has 2 aromatic rings. The maximum atomic E-state index is 5.80. The Balaban J connectivity index is 1.54. The van der Waals surface area contributed by atoms with Crippen LogP contribution in [0.1, 0.15) is 35.7 Å². The molecule has 0 radical (unpaired) electrons. The number of rotatable bonds is 3. The van der Waals surface area contributed by atoms with E-state index in [1.807, 2.05) is 0 Å². The van der Waals surface area contributed by atoms with Crippen molar-refractivity contribution in [1.29, 1.82) is 0 Å². The molecule has 5 rings (SSSR count). The van der Waals surface area contributed by atoms with Gasteiger partial charge in [0, 0.05) is 42.2 Å². The smallest absolute Gasteiger partial charge is 0.0556 e. The van der Waals surface area contributed by atoms with Crippen LogP contribution in [0, 0.1) is 12.8 Å². The van der Waals surface area contributed by atoms with Crippen molar-refractivity contribution in [2.45, 2.75) is 32.2 Å². The zero-order valence-corrected chi connectivity index (χ0v) is 16.1. The number of ether oxygens (including phenoxy) is 1. The van der Waals surface area contributed by atoms with Crippen LogP contribution < -0.4 is 0 Å². The minimum Gasteiger partial charge on any atom is -0.381 e. The molecule has 1 aliphatic carbocycles. The van der Waals surface area contributed by atoms with Crippen LogP contribution >= 0.6 is 0 Å². The lowest BCUT2D eigenvalue weighted by molar-refractivity contribution is 0.116. The van der Waals surface area contributed by atoms with Crippen LogP contribution in [0.2, 0.25) is 0 Å². The molecule has 2 atom stereocenters. The van der Waals surface area contributed by atoms with Gasteiger partial charge in [-0.2, -0.15) is 0 Å². The number of fused-ring (bicyclic) bond motifs is 3. The van der Waals surface area contributed by atoms with Crippen molar-refractivity contribution in [2.75, 3.05) is 26.3 Å². The highest BCUT2D eigenvalue weighted by Crippen LogP contribution is 2.41. The molecule has 0 saturated carbocycles. The van der Waals surface area contributed by atoms with Gasteiger partial charge in [-0.1, -0.05) is 42.0 Å². The molecular weight excluding hydrogens is 332 g/mol. The number of hydrogen-bond donors (Lipinski definition) is 1. The molecule has 2 aliphatic heterocycles. The van der Waals surface area contributed by atoms with Crippen LogP contribution in [0.15, 0.2) is 54.2 Å². The Morgan fingerprint density at radius 2 is 2.22 bits per heavy atom. The normalized spacial score (nSPS) is 25.6. The Morgan fingerprint density at radius 3 is 3.11 bits per heavy atom. The summed E-state index contributed by atoms with van der Waals surface area (Å²) >= 11 is 0. The van der Waals surface area contributed by atoms with Gasteiger partial charge in [0.05, 0.1) is 12.6 Å². The largest absolute Gasteiger partial charge is 0.381 e. The number of nitrogens with zero attached hydrogens (tertiary/aromatic N) is 1. The Bertz CT molecular complexity index is 927. The van der Waals surface area contributed by atoms with Gasteiger partial charge in [0.1, 0.15) is 0 Å². The molecule has 1 fully saturated rings. The quantitative estimate of drug-likeness (QED) is 0.847. The summed E-state index contributed by atoms with van der Waals surface area (Å²) in [7, 11) is 0. The van der Waals surface area contributed by atoms with Crippen LogP contribution in [-0.4, -0.2) is 36.2 Å². The number of benzene rings is 1. The van der Waals surface area contributed by atoms with Crippen LogP contribution in [0.3, 0.4) is 0 Å². The van der Waals surface area contributed by atoms with E-state index in [2.05, 4.69) is 65.4 Å². The topological polar surface area (TPSA) is 28.3 Å². The number of H-pyrrole nitrogens is 1. The lowest BCUT2D eigenvalue weighted by Crippen LogP contribution is -2.40. The highest BCUT2D eigenvalue weighted by Gasteiger charge is 2.37. The number of aromatic nitrogens is 1. The first-order chi connectivity index (χ1) is 13.3. The second-order valence-electron chi connectivity index (χ2n) is 8.16. The lowest BCUT2D eigenvalue weighted by atomic mass is 9.87. The Morgan fingerprint density at radius 1 is 1.26 bits per heavy atom. The third-order valence-corrected chi connectivity index (χ3v) is 6.28. The average Bonchev–Trinajstić information content (AvgIpc) is 3.24. The minimum atomic E-state index is 0.422. The van der Waals surface area contributed by atoms with Gasteiger partial charge in [-0.3, -0.25) is 4.90 Å². The zero-order chi connectivity index (χ0) is 18.2. The van der Waals surface area contributed by atoms with E-state index < -0.39 is 0 Å². The van der Waals surface area contributed by atoms with Gasteiger partial charge in [-0.05, 0) is 49.5 Å². The first kappa shape index (κ1) is 17.0. The molecule has 3 heteroatoms. The SMILES string of the molecule is Cc1ccc2[nH]c3c(c2c1)CCN(CC1=CC=CCC=C1)C3C1CCOC1. The van der Waals surface area contributed by atoms with E-state index in [1.165, 1.54) is 33.3 Å². The fourth-order valence-corrected chi connectivity index (χ4v) is 4.96. The Hall–Kier alpha value is -2.10. The van der Waals surface area contributed by atoms with Crippen LogP contribution in [-0.2, 0) is 11.2 Å². The Kier molecular flexibility index (Phi) is 4.50. The summed E-state index contributed by atoms with van der Waals surface area (Å²) in [4.78, 5) is 6.48. The van der Waals surface area contributed by atoms with Crippen molar-refractivity contribution in [1.82, 2.24) is 9.88 Å². The molecule has 3 nitrogen and oxygen atoms in total. The lowest BCUT2D eigenvalue weighted by Gasteiger charge is -2.39. The van der Waals surface area contributed by atoms with Gasteiger partial charge in [-0.15, -0.1) is 0 Å². The van der Waals surface area contributed by atoms with E-state index in [4.69, 9.17) is 4.74 Å². The van der Waals surface area contributed by atoms with E-state index in [0.29, 0.717) is 12.0 Å². The molecule has 0 bridgehead atoms. The van der Waals surface area contributed by atoms with Crippen LogP contribution in [0.5, 0.6) is 0 Å². The minimum absolute atomic E-state index is 0.422. The van der Waals surface area contributed by atoms with E-state index >= 15 is 0 Å². The molecule has 2 unspecified atom stereocenters. The maximum Gasteiger partial charge on any atom is 0.0556 e. The highest BCUT2D eigenvalue weighted by molar-refractivity contribution is 5.85. The van der Waals surface area contributed by atoms with Gasteiger partial charge >= 0.3 is 0 Å². The molecule has 0 spiro atoms. The number of aromatic amines is 1. The van der Waals surface area contributed by atoms with Crippen molar-refractivity contribution in [2.24, 2.45) is 5.92 Å². The summed E-state index contributed by atoms with van der Waals surface area (Å²) in [6, 6.07) is 7.23. The second-order valence-corrected chi connectivity index (χ2v) is 8.16. The molecular formula is C24H28N2O. The van der Waals surface area contributed by atoms with Crippen LogP contribution in [0.25, 0.3) is 10.9 Å². The predicted octanol–water partition coefficient (Wildman–Crippen LogP) is 4.85. The first-order valence-corrected chi connectivity index (χ1v) is 10.2. The predicted molar refractivity (Wildman–Crippen MR) is 111 cm³/mol. The average molecular weight is 361 g/mol. The number of nitrogens with one attached hydrogen (secondary N) is 1. The monoisotopic (exact) mass is 360 g/mol. The molecule has 27 heavy (non-hydrogen) atoms. The fraction of sp³-hybridized carbons (Fsp3) is 0.417. The van der Waals surface area contributed by atoms with E-state index in [1.54, 1.807) is 0 Å². The van der Waals surface area contributed by atoms with Crippen molar-refractivity contribution in [3.63, 3.8) is 0 Å². The van der Waals surface area contributed by atoms with Gasteiger partial charge in [-0.25, -0.2) is 0 Å². The molecule has 1 saturated heterocycles. The Labute approximate surface area is 161 Å². The molecule has 140 valence electrons. The van der Waals surface area contributed by atoms with Gasteiger partial charge in [0.2, 0.25) is 0 Å². The van der Waals surface area contributed by atoms with Crippen molar-refractivity contribution >= 4 is 10.9 Å². The highest BCUT2D eigenvalue weighted by atomic mass is 16.5. The summed E-state index contributed by atoms with van der Waals surface area (Å²) in [5, 5.41) is 1.42. The molecule has 1 aromatic heterocycles. The van der Waals surface area contributed by atoms with Gasteiger partial charge in [0.15, 0.2) is 0 Å². The van der Waals surface area contributed by atoms with Crippen molar-refractivity contribution < 1.29 is 4.74 Å². The third-order valence-electron chi connectivity index (χ3n) is 6.28. The van der Waals surface area contributed by atoms with Crippen molar-refractivity contribution in [3.05, 3.63) is 71.0 Å². The molecule has 1 aromatic carbocycles. The summed E-state index contributed by atoms with van der Waals surface area (Å²) in [5.74, 6) is 0.573. The van der Waals surface area contributed by atoms with Gasteiger partial charge < -0.3 is 9.72 Å². The first-order valence-electron chi connectivity index (χ1n) is 10.2. The summed E-state index contributed by atoms with van der Waals surface area (Å²) in [5.41, 5.74) is 7.00. The summed E-state index contributed by atoms with van der Waals surface area (Å²) < 4.78 is 5.80. The zero-order valence-electron chi connectivity index (χ0n) is 16.1. The maximum absolute atomic E-state index is 5.80. The standard InChI is InChI=1S/C24H28N2O/c1-17-8-9-22-21(14-17)20-10-12-26(15-18-6-4-2-3-5-7-18)24(23(20)25-22)19-11-13-27-16-19/h2,4-9,14,19,24-25H,3,10-13,15-16H2,1H3. The molecule has 3 aliphatic rings. The van der Waals surface area contributed by atoms with E-state index in [9.17, 15) is 0 Å². The fourth-order valence-electron chi connectivity index (χ4n) is 4.96. The van der Waals surface area contributed by atoms with Crippen LogP contribution in [0.4, 0.5) is 0 Å². The molecule has 3 heterocycles. The summed E-state index contributed by atoms with van der Waals surface area (Å²) in [6.07, 6.45) is 14.6. The number of allylic oxidation sites excluding steroid dienone is 4. The second kappa shape index (κ2) is 7.14. The van der Waals surface area contributed by atoms with E-state index in [-0.39, 0.29) is 0 Å². The number of hydrogen-bond acceptors (Lipinski definition) is 2. The third kappa shape index (κ3) is 3.19. The van der Waals surface area contributed by atoms with E-state index in [0.717, 1.165) is 45.6 Å². The molecule has 1 N–H and O–H groups in total. The number of aryl methyl sites for hydroxylation is 1.